The SMILES string of the molecule is COc1ccc(Br)cc1CC1CC(C(C)(C)C)CCC1Br. The van der Waals surface area contributed by atoms with Crippen LogP contribution in [0.15, 0.2) is 22.7 Å². The quantitative estimate of drug-likeness (QED) is 0.530. The van der Waals surface area contributed by atoms with Crippen LogP contribution < -0.4 is 4.74 Å². The van der Waals surface area contributed by atoms with Crippen molar-refractivity contribution in [1.82, 2.24) is 0 Å². The third-order valence-corrected chi connectivity index (χ3v) is 6.54. The molecule has 3 unspecified atom stereocenters. The first-order valence-corrected chi connectivity index (χ1v) is 9.48. The molecule has 21 heavy (non-hydrogen) atoms. The first-order chi connectivity index (χ1) is 9.81. The molecule has 0 saturated heterocycles. The molecule has 0 N–H and O–H groups in total. The summed E-state index contributed by atoms with van der Waals surface area (Å²) in [4.78, 5) is 0.625. The van der Waals surface area contributed by atoms with Crippen LogP contribution >= 0.6 is 31.9 Å². The van der Waals surface area contributed by atoms with Gasteiger partial charge in [-0.1, -0.05) is 52.6 Å². The Bertz CT molecular complexity index is 479. The van der Waals surface area contributed by atoms with Gasteiger partial charge in [-0.2, -0.15) is 0 Å². The first-order valence-electron chi connectivity index (χ1n) is 7.77. The van der Waals surface area contributed by atoms with Gasteiger partial charge in [0.1, 0.15) is 5.75 Å². The molecule has 3 atom stereocenters. The fourth-order valence-corrected chi connectivity index (χ4v) is 4.49. The predicted molar refractivity (Wildman–Crippen MR) is 97.4 cm³/mol. The van der Waals surface area contributed by atoms with E-state index in [2.05, 4.69) is 64.8 Å². The van der Waals surface area contributed by atoms with Crippen LogP contribution in [0.4, 0.5) is 0 Å². The molecule has 0 heterocycles. The molecule has 118 valence electrons. The fourth-order valence-electron chi connectivity index (χ4n) is 3.41. The van der Waals surface area contributed by atoms with Crippen LogP contribution in [0.25, 0.3) is 0 Å². The number of hydrogen-bond donors (Lipinski definition) is 0. The number of methoxy groups -OCH3 is 1. The van der Waals surface area contributed by atoms with Gasteiger partial charge < -0.3 is 4.74 Å². The molecule has 1 aromatic carbocycles. The molecule has 0 spiro atoms. The number of hydrogen-bond acceptors (Lipinski definition) is 1. The Morgan fingerprint density at radius 2 is 1.95 bits per heavy atom. The van der Waals surface area contributed by atoms with E-state index in [0.29, 0.717) is 16.2 Å². The van der Waals surface area contributed by atoms with Crippen molar-refractivity contribution in [1.29, 1.82) is 0 Å². The van der Waals surface area contributed by atoms with Crippen LogP contribution in [0.1, 0.15) is 45.6 Å². The van der Waals surface area contributed by atoms with Crippen molar-refractivity contribution in [3.63, 3.8) is 0 Å². The first kappa shape index (κ1) is 17.3. The maximum Gasteiger partial charge on any atom is 0.122 e. The highest BCUT2D eigenvalue weighted by Gasteiger charge is 2.35. The lowest BCUT2D eigenvalue weighted by Crippen LogP contribution is -2.33. The number of halogens is 2. The molecule has 0 bridgehead atoms. The van der Waals surface area contributed by atoms with Crippen LogP contribution in [0.3, 0.4) is 0 Å². The zero-order valence-electron chi connectivity index (χ0n) is 13.5. The third-order valence-electron chi connectivity index (χ3n) is 4.84. The molecule has 1 aliphatic carbocycles. The molecule has 0 aliphatic heterocycles. The van der Waals surface area contributed by atoms with Crippen LogP contribution in [-0.2, 0) is 6.42 Å². The van der Waals surface area contributed by atoms with Gasteiger partial charge in [0.15, 0.2) is 0 Å². The highest BCUT2D eigenvalue weighted by Crippen LogP contribution is 2.44. The Morgan fingerprint density at radius 1 is 1.24 bits per heavy atom. The summed E-state index contributed by atoms with van der Waals surface area (Å²) in [6, 6.07) is 6.32. The Balaban J connectivity index is 2.15. The molecule has 3 heteroatoms. The van der Waals surface area contributed by atoms with E-state index in [9.17, 15) is 0 Å². The Morgan fingerprint density at radius 3 is 2.57 bits per heavy atom. The second-order valence-electron chi connectivity index (χ2n) is 7.31. The smallest absolute Gasteiger partial charge is 0.122 e. The molecule has 1 fully saturated rings. The number of benzene rings is 1. The summed E-state index contributed by atoms with van der Waals surface area (Å²) in [5.41, 5.74) is 1.73. The maximum atomic E-state index is 5.54. The molecule has 0 radical (unpaired) electrons. The topological polar surface area (TPSA) is 9.23 Å². The summed E-state index contributed by atoms with van der Waals surface area (Å²) in [6.45, 7) is 7.13. The van der Waals surface area contributed by atoms with Crippen molar-refractivity contribution in [2.75, 3.05) is 7.11 Å². The third kappa shape index (κ3) is 4.48. The highest BCUT2D eigenvalue weighted by atomic mass is 79.9. The standard InChI is InChI=1S/C18H26Br2O/c1-18(2,3)14-5-7-16(20)12(10-14)9-13-11-15(19)6-8-17(13)21-4/h6,8,11-12,14,16H,5,7,9-10H2,1-4H3. The van der Waals surface area contributed by atoms with Crippen LogP contribution in [0.2, 0.25) is 0 Å². The largest absolute Gasteiger partial charge is 0.496 e. The van der Waals surface area contributed by atoms with Crippen LogP contribution in [-0.4, -0.2) is 11.9 Å². The second kappa shape index (κ2) is 7.04. The van der Waals surface area contributed by atoms with E-state index >= 15 is 0 Å². The molecular formula is C18H26Br2O. The molecule has 1 aromatic rings. The Labute approximate surface area is 146 Å². The van der Waals surface area contributed by atoms with E-state index in [0.717, 1.165) is 22.6 Å². The van der Waals surface area contributed by atoms with Crippen molar-refractivity contribution < 1.29 is 4.74 Å². The summed E-state index contributed by atoms with van der Waals surface area (Å²) in [7, 11) is 1.76. The van der Waals surface area contributed by atoms with Gasteiger partial charge in [0, 0.05) is 9.30 Å². The van der Waals surface area contributed by atoms with E-state index in [4.69, 9.17) is 4.74 Å². The van der Waals surface area contributed by atoms with E-state index in [1.807, 2.05) is 6.07 Å². The van der Waals surface area contributed by atoms with Gasteiger partial charge in [-0.05, 0) is 66.7 Å². The molecule has 1 aliphatic rings. The molecular weight excluding hydrogens is 392 g/mol. The van der Waals surface area contributed by atoms with Gasteiger partial charge in [0.05, 0.1) is 7.11 Å². The molecule has 0 amide bonds. The lowest BCUT2D eigenvalue weighted by Gasteiger charge is -2.40. The van der Waals surface area contributed by atoms with Crippen molar-refractivity contribution in [3.8, 4) is 5.75 Å². The van der Waals surface area contributed by atoms with Crippen LogP contribution in [0.5, 0.6) is 5.75 Å². The summed E-state index contributed by atoms with van der Waals surface area (Å²) < 4.78 is 6.67. The molecule has 2 rings (SSSR count). The number of alkyl halides is 1. The molecule has 1 nitrogen and oxygen atoms in total. The van der Waals surface area contributed by atoms with Gasteiger partial charge in [0.2, 0.25) is 0 Å². The number of rotatable bonds is 3. The normalized spacial score (nSPS) is 26.7. The predicted octanol–water partition coefficient (Wildman–Crippen LogP) is 6.23. The highest BCUT2D eigenvalue weighted by molar-refractivity contribution is 9.10. The van der Waals surface area contributed by atoms with E-state index in [-0.39, 0.29) is 0 Å². The zero-order chi connectivity index (χ0) is 15.6. The van der Waals surface area contributed by atoms with Crippen LogP contribution in [0, 0.1) is 17.3 Å². The molecule has 0 aromatic heterocycles. The Hall–Kier alpha value is -0.0200. The van der Waals surface area contributed by atoms with Crippen molar-refractivity contribution in [2.45, 2.75) is 51.3 Å². The minimum absolute atomic E-state index is 0.409. The Kier molecular flexibility index (Phi) is 5.81. The summed E-state index contributed by atoms with van der Waals surface area (Å²) in [5, 5.41) is 0. The monoisotopic (exact) mass is 416 g/mol. The van der Waals surface area contributed by atoms with Gasteiger partial charge in [-0.3, -0.25) is 0 Å². The minimum atomic E-state index is 0.409. The van der Waals surface area contributed by atoms with Gasteiger partial charge in [-0.25, -0.2) is 0 Å². The average molecular weight is 418 g/mol. The van der Waals surface area contributed by atoms with E-state index in [1.165, 1.54) is 24.8 Å². The number of ether oxygens (including phenoxy) is 1. The summed E-state index contributed by atoms with van der Waals surface area (Å²) in [6.07, 6.45) is 5.01. The van der Waals surface area contributed by atoms with Crippen molar-refractivity contribution >= 4 is 31.9 Å². The van der Waals surface area contributed by atoms with Gasteiger partial charge >= 0.3 is 0 Å². The van der Waals surface area contributed by atoms with Crippen molar-refractivity contribution in [3.05, 3.63) is 28.2 Å². The van der Waals surface area contributed by atoms with Gasteiger partial charge in [0.25, 0.3) is 0 Å². The zero-order valence-corrected chi connectivity index (χ0v) is 16.6. The lowest BCUT2D eigenvalue weighted by atomic mass is 9.68. The minimum Gasteiger partial charge on any atom is -0.496 e. The summed E-state index contributed by atoms with van der Waals surface area (Å²) in [5.74, 6) is 2.51. The summed E-state index contributed by atoms with van der Waals surface area (Å²) >= 11 is 7.50. The van der Waals surface area contributed by atoms with E-state index in [1.54, 1.807) is 7.11 Å². The second-order valence-corrected chi connectivity index (χ2v) is 9.40. The lowest BCUT2D eigenvalue weighted by molar-refractivity contribution is 0.146. The van der Waals surface area contributed by atoms with Gasteiger partial charge in [-0.15, -0.1) is 0 Å². The van der Waals surface area contributed by atoms with Crippen molar-refractivity contribution in [2.24, 2.45) is 17.3 Å². The average Bonchev–Trinajstić information content (AvgIpc) is 2.40. The maximum absolute atomic E-state index is 5.54. The molecule has 1 saturated carbocycles. The van der Waals surface area contributed by atoms with E-state index < -0.39 is 0 Å². The fraction of sp³-hybridized carbons (Fsp3) is 0.667.